The summed E-state index contributed by atoms with van der Waals surface area (Å²) in [4.78, 5) is 11.7. The van der Waals surface area contributed by atoms with Crippen molar-refractivity contribution in [3.8, 4) is 11.4 Å². The highest BCUT2D eigenvalue weighted by atomic mass is 35.5. The van der Waals surface area contributed by atoms with Gasteiger partial charge in [0.25, 0.3) is 0 Å². The molecule has 0 aliphatic heterocycles. The SMILES string of the molecule is Clc1ccccc1-c1ncncn1. The molecule has 1 aromatic carbocycles. The molecule has 0 aliphatic rings. The Morgan fingerprint density at radius 1 is 1.00 bits per heavy atom. The first-order valence-corrected chi connectivity index (χ1v) is 4.12. The Balaban J connectivity index is 2.54. The van der Waals surface area contributed by atoms with Crippen LogP contribution in [0.4, 0.5) is 0 Å². The molecule has 0 aliphatic carbocycles. The van der Waals surface area contributed by atoms with Gasteiger partial charge in [0.2, 0.25) is 0 Å². The minimum absolute atomic E-state index is 0.598. The summed E-state index contributed by atoms with van der Waals surface area (Å²) < 4.78 is 0. The van der Waals surface area contributed by atoms with Crippen LogP contribution in [0.25, 0.3) is 11.4 Å². The average molecular weight is 192 g/mol. The van der Waals surface area contributed by atoms with Gasteiger partial charge in [0.1, 0.15) is 12.7 Å². The molecule has 0 unspecified atom stereocenters. The fraction of sp³-hybridized carbons (Fsp3) is 0. The molecule has 64 valence electrons. The van der Waals surface area contributed by atoms with Crippen LogP contribution in [0, 0.1) is 0 Å². The Kier molecular flexibility index (Phi) is 2.19. The maximum Gasteiger partial charge on any atom is 0.164 e. The molecule has 0 saturated heterocycles. The second kappa shape index (κ2) is 3.49. The predicted molar refractivity (Wildman–Crippen MR) is 50.3 cm³/mol. The molecule has 2 aromatic rings. The third-order valence-corrected chi connectivity index (χ3v) is 1.94. The van der Waals surface area contributed by atoms with Crippen LogP contribution >= 0.6 is 11.6 Å². The van der Waals surface area contributed by atoms with Crippen molar-refractivity contribution < 1.29 is 0 Å². The van der Waals surface area contributed by atoms with E-state index in [1.54, 1.807) is 6.07 Å². The molecule has 2 rings (SSSR count). The summed E-state index contributed by atoms with van der Waals surface area (Å²) >= 11 is 5.96. The van der Waals surface area contributed by atoms with Crippen molar-refractivity contribution in [3.63, 3.8) is 0 Å². The minimum Gasteiger partial charge on any atom is -0.225 e. The van der Waals surface area contributed by atoms with Gasteiger partial charge >= 0.3 is 0 Å². The van der Waals surface area contributed by atoms with Gasteiger partial charge in [-0.3, -0.25) is 0 Å². The van der Waals surface area contributed by atoms with E-state index in [2.05, 4.69) is 15.0 Å². The van der Waals surface area contributed by atoms with Crippen LogP contribution < -0.4 is 0 Å². The molecule has 0 fully saturated rings. The lowest BCUT2D eigenvalue weighted by atomic mass is 10.2. The van der Waals surface area contributed by atoms with Gasteiger partial charge in [-0.2, -0.15) is 0 Å². The van der Waals surface area contributed by atoms with E-state index in [0.29, 0.717) is 10.8 Å². The van der Waals surface area contributed by atoms with Gasteiger partial charge in [-0.05, 0) is 12.1 Å². The van der Waals surface area contributed by atoms with Crippen LogP contribution in [0.3, 0.4) is 0 Å². The molecule has 0 N–H and O–H groups in total. The summed E-state index contributed by atoms with van der Waals surface area (Å²) in [5.74, 6) is 0.598. The normalized spacial score (nSPS) is 9.92. The van der Waals surface area contributed by atoms with Crippen LogP contribution in [-0.2, 0) is 0 Å². The van der Waals surface area contributed by atoms with Gasteiger partial charge in [-0.15, -0.1) is 0 Å². The molecule has 0 bridgehead atoms. The second-order valence-electron chi connectivity index (χ2n) is 2.44. The highest BCUT2D eigenvalue weighted by Crippen LogP contribution is 2.23. The largest absolute Gasteiger partial charge is 0.225 e. The van der Waals surface area contributed by atoms with Gasteiger partial charge in [0, 0.05) is 5.56 Å². The van der Waals surface area contributed by atoms with E-state index in [9.17, 15) is 0 Å². The van der Waals surface area contributed by atoms with Gasteiger partial charge in [-0.25, -0.2) is 15.0 Å². The highest BCUT2D eigenvalue weighted by Gasteiger charge is 2.03. The van der Waals surface area contributed by atoms with E-state index in [1.807, 2.05) is 18.2 Å². The summed E-state index contributed by atoms with van der Waals surface area (Å²) in [6.07, 6.45) is 2.90. The van der Waals surface area contributed by atoms with Crippen molar-refractivity contribution in [2.45, 2.75) is 0 Å². The summed E-state index contributed by atoms with van der Waals surface area (Å²) in [7, 11) is 0. The van der Waals surface area contributed by atoms with Gasteiger partial charge in [0.05, 0.1) is 5.02 Å². The molecule has 0 amide bonds. The van der Waals surface area contributed by atoms with E-state index in [1.165, 1.54) is 12.7 Å². The number of nitrogens with zero attached hydrogens (tertiary/aromatic N) is 3. The minimum atomic E-state index is 0.598. The molecule has 3 nitrogen and oxygen atoms in total. The van der Waals surface area contributed by atoms with Crippen LogP contribution in [0.1, 0.15) is 0 Å². The van der Waals surface area contributed by atoms with Gasteiger partial charge in [0.15, 0.2) is 5.82 Å². The van der Waals surface area contributed by atoms with Crippen molar-refractivity contribution in [1.29, 1.82) is 0 Å². The second-order valence-corrected chi connectivity index (χ2v) is 2.85. The Bertz CT molecular complexity index is 403. The lowest BCUT2D eigenvalue weighted by molar-refractivity contribution is 1.06. The summed E-state index contributed by atoms with van der Waals surface area (Å²) in [6.45, 7) is 0. The zero-order valence-electron chi connectivity index (χ0n) is 6.68. The smallest absolute Gasteiger partial charge is 0.164 e. The van der Waals surface area contributed by atoms with Crippen LogP contribution in [0.15, 0.2) is 36.9 Å². The number of hydrogen-bond acceptors (Lipinski definition) is 3. The van der Waals surface area contributed by atoms with E-state index in [-0.39, 0.29) is 0 Å². The number of benzene rings is 1. The average Bonchev–Trinajstić information content (AvgIpc) is 2.20. The summed E-state index contributed by atoms with van der Waals surface area (Å²) in [6, 6.07) is 7.44. The molecule has 1 heterocycles. The van der Waals surface area contributed by atoms with Crippen molar-refractivity contribution in [1.82, 2.24) is 15.0 Å². The topological polar surface area (TPSA) is 38.7 Å². The molecular weight excluding hydrogens is 186 g/mol. The fourth-order valence-electron chi connectivity index (χ4n) is 1.02. The monoisotopic (exact) mass is 191 g/mol. The Hall–Kier alpha value is -1.48. The van der Waals surface area contributed by atoms with Crippen molar-refractivity contribution in [2.75, 3.05) is 0 Å². The lowest BCUT2D eigenvalue weighted by Gasteiger charge is -1.99. The number of rotatable bonds is 1. The molecule has 0 radical (unpaired) electrons. The zero-order chi connectivity index (χ0) is 9.10. The summed E-state index contributed by atoms with van der Waals surface area (Å²) in [5, 5.41) is 0.647. The van der Waals surface area contributed by atoms with Crippen molar-refractivity contribution in [3.05, 3.63) is 41.9 Å². The van der Waals surface area contributed by atoms with Crippen molar-refractivity contribution in [2.24, 2.45) is 0 Å². The van der Waals surface area contributed by atoms with Crippen LogP contribution in [0.2, 0.25) is 5.02 Å². The van der Waals surface area contributed by atoms with Gasteiger partial charge in [-0.1, -0.05) is 23.7 Å². The molecule has 0 atom stereocenters. The maximum absolute atomic E-state index is 5.96. The third kappa shape index (κ3) is 1.65. The fourth-order valence-corrected chi connectivity index (χ4v) is 1.24. The zero-order valence-corrected chi connectivity index (χ0v) is 7.44. The first-order valence-electron chi connectivity index (χ1n) is 3.75. The first kappa shape index (κ1) is 8.13. The maximum atomic E-state index is 5.96. The van der Waals surface area contributed by atoms with E-state index in [0.717, 1.165) is 5.56 Å². The molecule has 13 heavy (non-hydrogen) atoms. The predicted octanol–water partition coefficient (Wildman–Crippen LogP) is 2.19. The highest BCUT2D eigenvalue weighted by molar-refractivity contribution is 6.33. The molecule has 0 spiro atoms. The number of aromatic nitrogens is 3. The number of halogens is 1. The summed E-state index contributed by atoms with van der Waals surface area (Å²) in [5.41, 5.74) is 0.826. The van der Waals surface area contributed by atoms with Crippen LogP contribution in [-0.4, -0.2) is 15.0 Å². The first-order chi connectivity index (χ1) is 6.38. The molecular formula is C9H6ClN3. The molecule has 4 heteroatoms. The Morgan fingerprint density at radius 3 is 2.38 bits per heavy atom. The van der Waals surface area contributed by atoms with Crippen molar-refractivity contribution >= 4 is 11.6 Å². The van der Waals surface area contributed by atoms with Crippen LogP contribution in [0.5, 0.6) is 0 Å². The third-order valence-electron chi connectivity index (χ3n) is 1.61. The van der Waals surface area contributed by atoms with E-state index < -0.39 is 0 Å². The molecule has 0 saturated carbocycles. The van der Waals surface area contributed by atoms with E-state index >= 15 is 0 Å². The van der Waals surface area contributed by atoms with Gasteiger partial charge < -0.3 is 0 Å². The quantitative estimate of drug-likeness (QED) is 0.694. The number of hydrogen-bond donors (Lipinski definition) is 0. The standard InChI is InChI=1S/C9H6ClN3/c10-8-4-2-1-3-7(8)9-12-5-11-6-13-9/h1-6H. The Morgan fingerprint density at radius 2 is 1.69 bits per heavy atom. The Labute approximate surface area is 80.5 Å². The molecule has 1 aromatic heterocycles. The van der Waals surface area contributed by atoms with E-state index in [4.69, 9.17) is 11.6 Å². The lowest BCUT2D eigenvalue weighted by Crippen LogP contribution is -1.89.